The van der Waals surface area contributed by atoms with E-state index < -0.39 is 48.1 Å². The molecule has 190 valence electrons. The molecule has 2 rings (SSSR count). The molecule has 1 aromatic rings. The van der Waals surface area contributed by atoms with Gasteiger partial charge in [0.2, 0.25) is 0 Å². The van der Waals surface area contributed by atoms with E-state index in [2.05, 4.69) is 4.98 Å². The largest absolute Gasteiger partial charge is 0.382 e. The maximum absolute atomic E-state index is 12.6. The Balaban J connectivity index is 2.51. The normalized spacial score (nSPS) is 25.8. The molecule has 1 aliphatic heterocycles. The summed E-state index contributed by atoms with van der Waals surface area (Å²) in [7, 11) is 1.54. The van der Waals surface area contributed by atoms with Crippen molar-refractivity contribution in [1.82, 2.24) is 9.55 Å². The van der Waals surface area contributed by atoms with Crippen LogP contribution < -0.4 is 11.2 Å². The third-order valence-electron chi connectivity index (χ3n) is 4.76. The van der Waals surface area contributed by atoms with Crippen LogP contribution in [-0.4, -0.2) is 58.7 Å². The Bertz CT molecular complexity index is 965. The SMILES string of the molecule is COCCO[C@@H]1[C@H](OP(O)(=S)OC(C)(C)C)[C@@H](CC(C)(C)C)O[C@H]1n1cc(C)c(=O)[nH]c1=O. The Morgan fingerprint density at radius 2 is 1.82 bits per heavy atom. The molecular formula is C21H37N2O8PS. The lowest BCUT2D eigenvalue weighted by Gasteiger charge is -2.32. The number of aryl methyl sites for hydroxylation is 1. The van der Waals surface area contributed by atoms with Crippen LogP contribution in [0.3, 0.4) is 0 Å². The van der Waals surface area contributed by atoms with Crippen molar-refractivity contribution in [2.45, 2.75) is 85.0 Å². The summed E-state index contributed by atoms with van der Waals surface area (Å²) in [5.41, 5.74) is -1.68. The van der Waals surface area contributed by atoms with Crippen LogP contribution in [0.25, 0.3) is 0 Å². The van der Waals surface area contributed by atoms with E-state index in [1.165, 1.54) is 10.8 Å². The van der Waals surface area contributed by atoms with Crippen LogP contribution in [0.1, 0.15) is 59.8 Å². The third kappa shape index (κ3) is 8.36. The Morgan fingerprint density at radius 1 is 1.18 bits per heavy atom. The molecule has 33 heavy (non-hydrogen) atoms. The minimum atomic E-state index is -3.69. The lowest BCUT2D eigenvalue weighted by Crippen LogP contribution is -2.41. The number of methoxy groups -OCH3 is 1. The number of ether oxygens (including phenoxy) is 3. The van der Waals surface area contributed by atoms with Crippen molar-refractivity contribution in [3.63, 3.8) is 0 Å². The van der Waals surface area contributed by atoms with Gasteiger partial charge in [0.1, 0.15) is 12.2 Å². The average Bonchev–Trinajstić information content (AvgIpc) is 2.91. The van der Waals surface area contributed by atoms with Crippen LogP contribution in [0, 0.1) is 12.3 Å². The van der Waals surface area contributed by atoms with E-state index in [1.54, 1.807) is 34.8 Å². The van der Waals surface area contributed by atoms with E-state index in [1.807, 2.05) is 20.8 Å². The van der Waals surface area contributed by atoms with Gasteiger partial charge < -0.3 is 23.6 Å². The molecule has 12 heteroatoms. The van der Waals surface area contributed by atoms with Gasteiger partial charge in [-0.15, -0.1) is 0 Å². The molecule has 0 saturated carbocycles. The summed E-state index contributed by atoms with van der Waals surface area (Å²) in [5.74, 6) is 0. The van der Waals surface area contributed by atoms with Crippen molar-refractivity contribution < 1.29 is 28.2 Å². The summed E-state index contributed by atoms with van der Waals surface area (Å²) < 4.78 is 30.4. The minimum absolute atomic E-state index is 0.174. The number of hydrogen-bond donors (Lipinski definition) is 2. The monoisotopic (exact) mass is 508 g/mol. The van der Waals surface area contributed by atoms with Crippen molar-refractivity contribution in [1.29, 1.82) is 0 Å². The van der Waals surface area contributed by atoms with Gasteiger partial charge in [0, 0.05) is 18.9 Å². The first-order valence-corrected chi connectivity index (χ1v) is 13.4. The van der Waals surface area contributed by atoms with E-state index >= 15 is 0 Å². The fraction of sp³-hybridized carbons (Fsp3) is 0.810. The number of nitrogens with zero attached hydrogens (tertiary/aromatic N) is 1. The molecule has 0 spiro atoms. The van der Waals surface area contributed by atoms with E-state index in [0.29, 0.717) is 18.6 Å². The lowest BCUT2D eigenvalue weighted by molar-refractivity contribution is -0.0808. The van der Waals surface area contributed by atoms with Gasteiger partial charge in [0.15, 0.2) is 6.23 Å². The maximum atomic E-state index is 12.6. The predicted octanol–water partition coefficient (Wildman–Crippen LogP) is 2.63. The molecule has 5 atom stereocenters. The van der Waals surface area contributed by atoms with Crippen LogP contribution in [0.15, 0.2) is 15.8 Å². The first-order valence-electron chi connectivity index (χ1n) is 10.8. The van der Waals surface area contributed by atoms with Crippen molar-refractivity contribution >= 4 is 18.5 Å². The molecule has 2 heterocycles. The summed E-state index contributed by atoms with van der Waals surface area (Å²) in [5, 5.41) is 0. The summed E-state index contributed by atoms with van der Waals surface area (Å²) in [6.45, 7) is 9.81. The summed E-state index contributed by atoms with van der Waals surface area (Å²) in [6, 6.07) is 0. The molecule has 1 fully saturated rings. The number of rotatable bonds is 9. The first-order chi connectivity index (χ1) is 15.0. The van der Waals surface area contributed by atoms with Crippen molar-refractivity contribution in [3.8, 4) is 0 Å². The molecule has 0 bridgehead atoms. The standard InChI is InChI=1S/C21H37N2O8PS/c1-13-12-23(19(25)22-17(13)24)18-16(28-10-9-27-8)15(14(29-18)11-20(2,3)4)30-32(26,33)31-21(5,6)7/h12,14-16,18H,9-11H2,1-8H3,(H,26,33)(H,22,24,25)/t14-,15-,16-,18-,32?/m1/s1. The topological polar surface area (TPSA) is 121 Å². The van der Waals surface area contributed by atoms with Gasteiger partial charge >= 0.3 is 12.4 Å². The van der Waals surface area contributed by atoms with Gasteiger partial charge in [-0.1, -0.05) is 20.8 Å². The molecule has 2 N–H and O–H groups in total. The number of aromatic nitrogens is 2. The average molecular weight is 509 g/mol. The molecular weight excluding hydrogens is 471 g/mol. The summed E-state index contributed by atoms with van der Waals surface area (Å²) >= 11 is 5.30. The molecule has 1 aliphatic rings. The quantitative estimate of drug-likeness (QED) is 0.383. The smallest absolute Gasteiger partial charge is 0.330 e. The zero-order valence-electron chi connectivity index (χ0n) is 20.6. The lowest BCUT2D eigenvalue weighted by atomic mass is 9.87. The highest BCUT2D eigenvalue weighted by molar-refractivity contribution is 8.07. The van der Waals surface area contributed by atoms with Crippen LogP contribution in [0.2, 0.25) is 0 Å². The zero-order chi connectivity index (χ0) is 25.2. The molecule has 1 saturated heterocycles. The zero-order valence-corrected chi connectivity index (χ0v) is 22.3. The van der Waals surface area contributed by atoms with Gasteiger partial charge in [-0.2, -0.15) is 0 Å². The van der Waals surface area contributed by atoms with Crippen molar-refractivity contribution in [2.24, 2.45) is 5.41 Å². The van der Waals surface area contributed by atoms with Crippen LogP contribution in [-0.2, 0) is 35.1 Å². The summed E-state index contributed by atoms with van der Waals surface area (Å²) in [6.07, 6.45) is -1.20. The predicted molar refractivity (Wildman–Crippen MR) is 128 cm³/mol. The number of hydrogen-bond acceptors (Lipinski definition) is 8. The third-order valence-corrected chi connectivity index (χ3v) is 6.53. The molecule has 1 aromatic heterocycles. The molecule has 0 amide bonds. The fourth-order valence-electron chi connectivity index (χ4n) is 3.57. The number of H-pyrrole nitrogens is 1. The van der Waals surface area contributed by atoms with Crippen LogP contribution >= 0.6 is 6.72 Å². The van der Waals surface area contributed by atoms with Crippen LogP contribution in [0.4, 0.5) is 0 Å². The highest BCUT2D eigenvalue weighted by atomic mass is 32.5. The highest BCUT2D eigenvalue weighted by Crippen LogP contribution is 2.52. The minimum Gasteiger partial charge on any atom is -0.382 e. The van der Waals surface area contributed by atoms with Crippen molar-refractivity contribution in [2.75, 3.05) is 20.3 Å². The Hall–Kier alpha value is -0.910. The molecule has 0 radical (unpaired) electrons. The van der Waals surface area contributed by atoms with Gasteiger partial charge in [0.25, 0.3) is 5.56 Å². The second-order valence-electron chi connectivity index (χ2n) is 10.4. The molecule has 0 aromatic carbocycles. The molecule has 10 nitrogen and oxygen atoms in total. The number of nitrogens with one attached hydrogen (secondary N) is 1. The Morgan fingerprint density at radius 3 is 2.36 bits per heavy atom. The van der Waals surface area contributed by atoms with Gasteiger partial charge in [-0.3, -0.25) is 18.9 Å². The second-order valence-corrected chi connectivity index (χ2v) is 13.1. The second kappa shape index (κ2) is 10.8. The van der Waals surface area contributed by atoms with Crippen molar-refractivity contribution in [3.05, 3.63) is 32.6 Å². The first kappa shape index (κ1) is 28.3. The maximum Gasteiger partial charge on any atom is 0.330 e. The van der Waals surface area contributed by atoms with Crippen LogP contribution in [0.5, 0.6) is 0 Å². The van der Waals surface area contributed by atoms with Gasteiger partial charge in [-0.05, 0) is 51.3 Å². The molecule has 1 unspecified atom stereocenters. The summed E-state index contributed by atoms with van der Waals surface area (Å²) in [4.78, 5) is 37.7. The van der Waals surface area contributed by atoms with E-state index in [-0.39, 0.29) is 12.0 Å². The number of aromatic amines is 1. The highest BCUT2D eigenvalue weighted by Gasteiger charge is 2.51. The van der Waals surface area contributed by atoms with Gasteiger partial charge in [-0.25, -0.2) is 4.79 Å². The Labute approximate surface area is 199 Å². The van der Waals surface area contributed by atoms with Gasteiger partial charge in [0.05, 0.1) is 24.9 Å². The Kier molecular flexibility index (Phi) is 9.26. The molecule has 0 aliphatic carbocycles. The fourth-order valence-corrected chi connectivity index (χ4v) is 5.84. The van der Waals surface area contributed by atoms with E-state index in [9.17, 15) is 14.5 Å². The van der Waals surface area contributed by atoms with E-state index in [4.69, 9.17) is 35.1 Å². The van der Waals surface area contributed by atoms with E-state index in [0.717, 1.165) is 0 Å².